The summed E-state index contributed by atoms with van der Waals surface area (Å²) in [6, 6.07) is 3.65. The highest BCUT2D eigenvalue weighted by atomic mass is 16.6. The maximum Gasteiger partial charge on any atom is 0.409 e. The van der Waals surface area contributed by atoms with Crippen molar-refractivity contribution in [3.8, 4) is 17.1 Å². The van der Waals surface area contributed by atoms with Crippen LogP contribution in [-0.4, -0.2) is 61.8 Å². The molecule has 34 heavy (non-hydrogen) atoms. The van der Waals surface area contributed by atoms with Crippen molar-refractivity contribution in [1.82, 2.24) is 24.9 Å². The molecule has 10 heteroatoms. The zero-order valence-electron chi connectivity index (χ0n) is 20.7. The second-order valence-corrected chi connectivity index (χ2v) is 9.18. The van der Waals surface area contributed by atoms with Gasteiger partial charge in [-0.05, 0) is 50.7 Å². The average Bonchev–Trinajstić information content (AvgIpc) is 3.18. The van der Waals surface area contributed by atoms with Crippen LogP contribution >= 0.6 is 0 Å². The number of aryl methyl sites for hydroxylation is 2. The van der Waals surface area contributed by atoms with E-state index in [2.05, 4.69) is 22.2 Å². The lowest BCUT2D eigenvalue weighted by Crippen LogP contribution is -2.29. The summed E-state index contributed by atoms with van der Waals surface area (Å²) in [5, 5.41) is 17.7. The summed E-state index contributed by atoms with van der Waals surface area (Å²) in [7, 11) is 3.45. The van der Waals surface area contributed by atoms with Gasteiger partial charge >= 0.3 is 12.1 Å². The Hall–Kier alpha value is -3.17. The fourth-order valence-electron chi connectivity index (χ4n) is 3.94. The molecule has 2 aromatic heterocycles. The van der Waals surface area contributed by atoms with Gasteiger partial charge in [0.15, 0.2) is 0 Å². The van der Waals surface area contributed by atoms with Gasteiger partial charge in [-0.3, -0.25) is 4.79 Å². The summed E-state index contributed by atoms with van der Waals surface area (Å²) in [5.74, 6) is -0.177. The van der Waals surface area contributed by atoms with E-state index in [-0.39, 0.29) is 18.6 Å². The van der Waals surface area contributed by atoms with E-state index in [4.69, 9.17) is 9.47 Å². The molecule has 3 atom stereocenters. The van der Waals surface area contributed by atoms with Gasteiger partial charge in [0.1, 0.15) is 11.4 Å². The quantitative estimate of drug-likeness (QED) is 0.584. The number of nitrogens with zero attached hydrogens (tertiary/aromatic N) is 5. The average molecular weight is 474 g/mol. The summed E-state index contributed by atoms with van der Waals surface area (Å²) in [4.78, 5) is 29.9. The zero-order chi connectivity index (χ0) is 24.8. The first-order valence-electron chi connectivity index (χ1n) is 11.8. The van der Waals surface area contributed by atoms with Crippen molar-refractivity contribution in [3.05, 3.63) is 23.5 Å². The fraction of sp³-hybridized carbons (Fsp3) is 0.625. The monoisotopic (exact) mass is 473 g/mol. The van der Waals surface area contributed by atoms with Gasteiger partial charge in [0.05, 0.1) is 42.3 Å². The van der Waals surface area contributed by atoms with Crippen molar-refractivity contribution in [3.63, 3.8) is 0 Å². The van der Waals surface area contributed by atoms with Crippen molar-refractivity contribution in [1.29, 1.82) is 0 Å². The molecule has 186 valence electrons. The van der Waals surface area contributed by atoms with Gasteiger partial charge in [-0.2, -0.15) is 0 Å². The molecule has 1 aliphatic rings. The predicted molar refractivity (Wildman–Crippen MR) is 125 cm³/mol. The van der Waals surface area contributed by atoms with Gasteiger partial charge < -0.3 is 19.5 Å². The van der Waals surface area contributed by atoms with Crippen molar-refractivity contribution in [2.24, 2.45) is 18.9 Å². The molecule has 1 amide bonds. The Balaban J connectivity index is 1.70. The second kappa shape index (κ2) is 11.3. The minimum absolute atomic E-state index is 0.136. The number of rotatable bonds is 9. The standard InChI is InChI=1S/C24H35N5O5/c1-6-15(2)14-33-24(32)28(4)13-20-22(26-27-29(20)5)19-10-11-21(16(3)25-19)34-18-9-7-8-17(12-18)23(30)31/h10-11,15,17-18H,6-9,12-14H2,1-5H3,(H,30,31)/t15-,17-,18?/m0/s1. The Morgan fingerprint density at radius 3 is 2.76 bits per heavy atom. The Kier molecular flexibility index (Phi) is 8.46. The molecule has 0 spiro atoms. The number of carboxylic acids is 1. The number of hydrogen-bond donors (Lipinski definition) is 1. The summed E-state index contributed by atoms with van der Waals surface area (Å²) < 4.78 is 13.1. The first kappa shape index (κ1) is 25.5. The van der Waals surface area contributed by atoms with Crippen LogP contribution in [0.3, 0.4) is 0 Å². The van der Waals surface area contributed by atoms with Gasteiger partial charge in [-0.25, -0.2) is 14.5 Å². The fourth-order valence-corrected chi connectivity index (χ4v) is 3.94. The first-order chi connectivity index (χ1) is 16.2. The van der Waals surface area contributed by atoms with E-state index < -0.39 is 12.1 Å². The number of amides is 1. The van der Waals surface area contributed by atoms with E-state index >= 15 is 0 Å². The van der Waals surface area contributed by atoms with E-state index in [1.165, 1.54) is 4.90 Å². The van der Waals surface area contributed by atoms with Crippen LogP contribution in [0.1, 0.15) is 57.3 Å². The Labute approximate surface area is 200 Å². The molecule has 3 rings (SSSR count). The molecule has 10 nitrogen and oxygen atoms in total. The number of ether oxygens (including phenoxy) is 2. The van der Waals surface area contributed by atoms with Crippen LogP contribution in [0.5, 0.6) is 5.75 Å². The Bertz CT molecular complexity index is 1010. The lowest BCUT2D eigenvalue weighted by Gasteiger charge is -2.27. The lowest BCUT2D eigenvalue weighted by molar-refractivity contribution is -0.143. The third-order valence-corrected chi connectivity index (χ3v) is 6.38. The van der Waals surface area contributed by atoms with Gasteiger partial charge in [0.2, 0.25) is 0 Å². The van der Waals surface area contributed by atoms with Crippen LogP contribution in [0.2, 0.25) is 0 Å². The summed E-state index contributed by atoms with van der Waals surface area (Å²) >= 11 is 0. The third kappa shape index (κ3) is 6.24. The largest absolute Gasteiger partial charge is 0.489 e. The molecule has 0 aliphatic heterocycles. The molecule has 0 radical (unpaired) electrons. The molecule has 1 fully saturated rings. The van der Waals surface area contributed by atoms with Crippen LogP contribution in [0.4, 0.5) is 4.79 Å². The van der Waals surface area contributed by atoms with Crippen molar-refractivity contribution in [2.75, 3.05) is 13.7 Å². The number of carbonyl (C=O) groups is 2. The normalized spacial score (nSPS) is 18.9. The lowest BCUT2D eigenvalue weighted by atomic mass is 9.87. The van der Waals surface area contributed by atoms with E-state index in [1.54, 1.807) is 18.8 Å². The topological polar surface area (TPSA) is 120 Å². The molecule has 1 saturated carbocycles. The molecule has 0 saturated heterocycles. The Morgan fingerprint density at radius 1 is 1.32 bits per heavy atom. The molecular weight excluding hydrogens is 438 g/mol. The van der Waals surface area contributed by atoms with Crippen molar-refractivity contribution >= 4 is 12.1 Å². The van der Waals surface area contributed by atoms with Gasteiger partial charge in [-0.15, -0.1) is 5.10 Å². The third-order valence-electron chi connectivity index (χ3n) is 6.38. The van der Waals surface area contributed by atoms with E-state index in [0.717, 1.165) is 25.0 Å². The van der Waals surface area contributed by atoms with Crippen molar-refractivity contribution in [2.45, 2.75) is 65.5 Å². The predicted octanol–water partition coefficient (Wildman–Crippen LogP) is 3.82. The first-order valence-corrected chi connectivity index (χ1v) is 11.8. The molecular formula is C24H35N5O5. The molecule has 0 aromatic carbocycles. The van der Waals surface area contributed by atoms with E-state index in [9.17, 15) is 14.7 Å². The SMILES string of the molecule is CC[C@H](C)COC(=O)N(C)Cc1c(-c2ccc(OC3CCC[C@H](C(=O)O)C3)c(C)n2)nnn1C. The highest BCUT2D eigenvalue weighted by Crippen LogP contribution is 2.30. The minimum Gasteiger partial charge on any atom is -0.489 e. The number of aliphatic carboxylic acids is 1. The van der Waals surface area contributed by atoms with E-state index in [1.807, 2.05) is 26.0 Å². The molecule has 2 aromatic rings. The van der Waals surface area contributed by atoms with Gasteiger partial charge in [0.25, 0.3) is 0 Å². The molecule has 1 N–H and O–H groups in total. The molecule has 2 heterocycles. The summed E-state index contributed by atoms with van der Waals surface area (Å²) in [5.41, 5.74) is 2.64. The van der Waals surface area contributed by atoms with Gasteiger partial charge in [0, 0.05) is 14.1 Å². The van der Waals surface area contributed by atoms with Crippen LogP contribution < -0.4 is 4.74 Å². The number of carboxylic acid groups (broad SMARTS) is 1. The number of pyridine rings is 1. The number of aromatic nitrogens is 4. The maximum atomic E-state index is 12.4. The molecule has 0 bridgehead atoms. The second-order valence-electron chi connectivity index (χ2n) is 9.18. The number of hydrogen-bond acceptors (Lipinski definition) is 7. The minimum atomic E-state index is -0.762. The van der Waals surface area contributed by atoms with Crippen LogP contribution in [0.25, 0.3) is 11.4 Å². The van der Waals surface area contributed by atoms with Gasteiger partial charge in [-0.1, -0.05) is 25.5 Å². The van der Waals surface area contributed by atoms with Crippen LogP contribution in [0.15, 0.2) is 12.1 Å². The maximum absolute atomic E-state index is 12.4. The van der Waals surface area contributed by atoms with Crippen LogP contribution in [0, 0.1) is 18.8 Å². The molecule has 1 aliphatic carbocycles. The van der Waals surface area contributed by atoms with Crippen molar-refractivity contribution < 1.29 is 24.2 Å². The highest BCUT2D eigenvalue weighted by molar-refractivity contribution is 5.70. The zero-order valence-corrected chi connectivity index (χ0v) is 20.7. The summed E-state index contributed by atoms with van der Waals surface area (Å²) in [6.07, 6.45) is 3.28. The molecule has 1 unspecified atom stereocenters. The smallest absolute Gasteiger partial charge is 0.409 e. The van der Waals surface area contributed by atoms with E-state index in [0.29, 0.717) is 48.2 Å². The van der Waals surface area contributed by atoms with Crippen LogP contribution in [-0.2, 0) is 23.1 Å². The summed E-state index contributed by atoms with van der Waals surface area (Å²) in [6.45, 7) is 6.60. The Morgan fingerprint density at radius 2 is 2.09 bits per heavy atom. The number of carbonyl (C=O) groups excluding carboxylic acids is 1. The highest BCUT2D eigenvalue weighted by Gasteiger charge is 2.28.